The standard InChI is InChI=1S/C19H27N5O/c1-5-16-14(8-20)10-23-18(17(16)9-21)24-6-7-25-15(12-24)11-22-13-19(2,3)4/h10,15,22H,5-7,11-13H2,1-4H3/t15-/m1/s1. The summed E-state index contributed by atoms with van der Waals surface area (Å²) in [6.45, 7) is 12.2. The number of ether oxygens (including phenoxy) is 1. The molecule has 0 unspecified atom stereocenters. The lowest BCUT2D eigenvalue weighted by Gasteiger charge is -2.35. The third-order valence-corrected chi connectivity index (χ3v) is 4.22. The van der Waals surface area contributed by atoms with Gasteiger partial charge in [-0.2, -0.15) is 10.5 Å². The molecule has 0 aromatic carbocycles. The molecule has 1 aromatic heterocycles. The lowest BCUT2D eigenvalue weighted by atomic mass is 9.97. The minimum atomic E-state index is 0.0603. The van der Waals surface area contributed by atoms with Crippen molar-refractivity contribution >= 4 is 5.82 Å². The van der Waals surface area contributed by atoms with Gasteiger partial charge in [-0.1, -0.05) is 27.7 Å². The molecule has 0 spiro atoms. The summed E-state index contributed by atoms with van der Waals surface area (Å²) in [7, 11) is 0. The lowest BCUT2D eigenvalue weighted by Crippen LogP contribution is -2.48. The van der Waals surface area contributed by atoms with Crippen molar-refractivity contribution in [1.82, 2.24) is 10.3 Å². The molecule has 1 fully saturated rings. The predicted molar refractivity (Wildman–Crippen MR) is 97.3 cm³/mol. The largest absolute Gasteiger partial charge is 0.373 e. The summed E-state index contributed by atoms with van der Waals surface area (Å²) >= 11 is 0. The summed E-state index contributed by atoms with van der Waals surface area (Å²) in [4.78, 5) is 6.51. The first-order chi connectivity index (χ1) is 11.9. The van der Waals surface area contributed by atoms with Crippen LogP contribution in [0.3, 0.4) is 0 Å². The van der Waals surface area contributed by atoms with Gasteiger partial charge >= 0.3 is 0 Å². The van der Waals surface area contributed by atoms with E-state index in [9.17, 15) is 10.5 Å². The zero-order valence-electron chi connectivity index (χ0n) is 15.6. The Bertz CT molecular complexity index is 681. The number of nitrogens with one attached hydrogen (secondary N) is 1. The second-order valence-electron chi connectivity index (χ2n) is 7.56. The van der Waals surface area contributed by atoms with Crippen LogP contribution in [0.1, 0.15) is 44.4 Å². The first-order valence-electron chi connectivity index (χ1n) is 8.79. The van der Waals surface area contributed by atoms with Crippen LogP contribution >= 0.6 is 0 Å². The van der Waals surface area contributed by atoms with Crippen LogP contribution in [0, 0.1) is 28.1 Å². The minimum absolute atomic E-state index is 0.0603. The average Bonchev–Trinajstić information content (AvgIpc) is 2.59. The molecule has 1 atom stereocenters. The number of nitriles is 2. The van der Waals surface area contributed by atoms with E-state index in [0.717, 1.165) is 18.7 Å². The van der Waals surface area contributed by atoms with Crippen molar-refractivity contribution in [2.24, 2.45) is 5.41 Å². The van der Waals surface area contributed by atoms with E-state index in [1.165, 1.54) is 0 Å². The number of pyridine rings is 1. The smallest absolute Gasteiger partial charge is 0.147 e. The molecule has 2 rings (SSSR count). The Balaban J connectivity index is 2.14. The van der Waals surface area contributed by atoms with Crippen LogP contribution in [-0.4, -0.2) is 43.9 Å². The zero-order valence-corrected chi connectivity index (χ0v) is 15.6. The molecule has 1 N–H and O–H groups in total. The second kappa shape index (κ2) is 8.29. The first-order valence-corrected chi connectivity index (χ1v) is 8.79. The van der Waals surface area contributed by atoms with E-state index < -0.39 is 0 Å². The molecule has 25 heavy (non-hydrogen) atoms. The first kappa shape index (κ1) is 19.2. The van der Waals surface area contributed by atoms with Gasteiger partial charge in [-0.15, -0.1) is 0 Å². The van der Waals surface area contributed by atoms with Gasteiger partial charge in [-0.05, 0) is 17.4 Å². The average molecular weight is 341 g/mol. The van der Waals surface area contributed by atoms with Gasteiger partial charge in [0.25, 0.3) is 0 Å². The number of aromatic nitrogens is 1. The molecule has 2 heterocycles. The fourth-order valence-corrected chi connectivity index (χ4v) is 3.00. The third-order valence-electron chi connectivity index (χ3n) is 4.22. The number of anilines is 1. The Labute approximate surface area is 150 Å². The Hall–Kier alpha value is -2.15. The number of morpholine rings is 1. The van der Waals surface area contributed by atoms with Gasteiger partial charge < -0.3 is 15.0 Å². The normalized spacial score (nSPS) is 17.8. The van der Waals surface area contributed by atoms with Crippen molar-refractivity contribution in [3.05, 3.63) is 22.9 Å². The quantitative estimate of drug-likeness (QED) is 0.884. The van der Waals surface area contributed by atoms with E-state index in [-0.39, 0.29) is 11.5 Å². The summed E-state index contributed by atoms with van der Waals surface area (Å²) in [6.07, 6.45) is 2.28. The minimum Gasteiger partial charge on any atom is -0.373 e. The van der Waals surface area contributed by atoms with E-state index >= 15 is 0 Å². The fourth-order valence-electron chi connectivity index (χ4n) is 3.00. The molecule has 0 bridgehead atoms. The molecular weight excluding hydrogens is 314 g/mol. The van der Waals surface area contributed by atoms with E-state index in [1.54, 1.807) is 6.20 Å². The predicted octanol–water partition coefficient (Wildman–Crippen LogP) is 2.23. The van der Waals surface area contributed by atoms with E-state index in [1.807, 2.05) is 6.92 Å². The Morgan fingerprint density at radius 1 is 1.36 bits per heavy atom. The number of nitrogens with zero attached hydrogens (tertiary/aromatic N) is 4. The highest BCUT2D eigenvalue weighted by Crippen LogP contribution is 2.25. The van der Waals surface area contributed by atoms with Crippen LogP contribution in [0.25, 0.3) is 0 Å². The van der Waals surface area contributed by atoms with Gasteiger partial charge in [0.05, 0.1) is 23.8 Å². The van der Waals surface area contributed by atoms with Crippen LogP contribution < -0.4 is 10.2 Å². The summed E-state index contributed by atoms with van der Waals surface area (Å²) in [5.41, 5.74) is 2.01. The maximum absolute atomic E-state index is 9.61. The van der Waals surface area contributed by atoms with Crippen molar-refractivity contribution in [1.29, 1.82) is 10.5 Å². The van der Waals surface area contributed by atoms with Gasteiger partial charge in [0.1, 0.15) is 18.0 Å². The van der Waals surface area contributed by atoms with Crippen LogP contribution in [0.15, 0.2) is 6.20 Å². The van der Waals surface area contributed by atoms with Crippen LogP contribution in [0.4, 0.5) is 5.82 Å². The Morgan fingerprint density at radius 2 is 2.12 bits per heavy atom. The van der Waals surface area contributed by atoms with Gasteiger partial charge in [-0.3, -0.25) is 0 Å². The molecule has 6 nitrogen and oxygen atoms in total. The highest BCUT2D eigenvalue weighted by molar-refractivity contribution is 5.61. The molecule has 134 valence electrons. The third kappa shape index (κ3) is 4.92. The van der Waals surface area contributed by atoms with Crippen LogP contribution in [-0.2, 0) is 11.2 Å². The maximum Gasteiger partial charge on any atom is 0.147 e. The number of rotatable bonds is 5. The monoisotopic (exact) mass is 341 g/mol. The van der Waals surface area contributed by atoms with Crippen LogP contribution in [0.5, 0.6) is 0 Å². The molecular formula is C19H27N5O. The SMILES string of the molecule is CCc1c(C#N)cnc(N2CCO[C@H](CNCC(C)(C)C)C2)c1C#N. The number of hydrogen-bond acceptors (Lipinski definition) is 6. The van der Waals surface area contributed by atoms with E-state index in [4.69, 9.17) is 4.74 Å². The molecule has 1 aliphatic heterocycles. The van der Waals surface area contributed by atoms with Crippen molar-refractivity contribution in [2.45, 2.75) is 40.2 Å². The summed E-state index contributed by atoms with van der Waals surface area (Å²) in [5, 5.41) is 22.3. The van der Waals surface area contributed by atoms with Gasteiger partial charge in [0.15, 0.2) is 0 Å². The topological polar surface area (TPSA) is 85.0 Å². The molecule has 0 aliphatic carbocycles. The van der Waals surface area contributed by atoms with Crippen molar-refractivity contribution in [2.75, 3.05) is 37.7 Å². The summed E-state index contributed by atoms with van der Waals surface area (Å²) < 4.78 is 5.85. The molecule has 1 saturated heterocycles. The highest BCUT2D eigenvalue weighted by atomic mass is 16.5. The Kier molecular flexibility index (Phi) is 6.36. The second-order valence-corrected chi connectivity index (χ2v) is 7.56. The number of hydrogen-bond donors (Lipinski definition) is 1. The molecule has 0 radical (unpaired) electrons. The van der Waals surface area contributed by atoms with Crippen molar-refractivity contribution in [3.63, 3.8) is 0 Å². The lowest BCUT2D eigenvalue weighted by molar-refractivity contribution is 0.0395. The maximum atomic E-state index is 9.61. The molecule has 1 aromatic rings. The van der Waals surface area contributed by atoms with Gasteiger partial charge in [0, 0.05) is 32.4 Å². The van der Waals surface area contributed by atoms with Gasteiger partial charge in [-0.25, -0.2) is 4.98 Å². The highest BCUT2D eigenvalue weighted by Gasteiger charge is 2.25. The van der Waals surface area contributed by atoms with E-state index in [0.29, 0.717) is 43.1 Å². The molecule has 6 heteroatoms. The zero-order chi connectivity index (χ0) is 18.4. The molecule has 0 saturated carbocycles. The van der Waals surface area contributed by atoms with Crippen molar-refractivity contribution < 1.29 is 4.74 Å². The van der Waals surface area contributed by atoms with Crippen LogP contribution in [0.2, 0.25) is 0 Å². The van der Waals surface area contributed by atoms with E-state index in [2.05, 4.69) is 48.1 Å². The van der Waals surface area contributed by atoms with Crippen molar-refractivity contribution in [3.8, 4) is 12.1 Å². The summed E-state index contributed by atoms with van der Waals surface area (Å²) in [6, 6.07) is 4.39. The van der Waals surface area contributed by atoms with Gasteiger partial charge in [0.2, 0.25) is 0 Å². The fraction of sp³-hybridized carbons (Fsp3) is 0.632. The summed E-state index contributed by atoms with van der Waals surface area (Å²) in [5.74, 6) is 0.669. The molecule has 1 aliphatic rings. The Morgan fingerprint density at radius 3 is 2.72 bits per heavy atom. The molecule has 0 amide bonds.